The van der Waals surface area contributed by atoms with Crippen molar-refractivity contribution in [2.75, 3.05) is 0 Å². The third kappa shape index (κ3) is 1.36. The molecule has 0 aliphatic carbocycles. The monoisotopic (exact) mass is 232 g/mol. The Morgan fingerprint density at radius 3 is 2.42 bits per heavy atom. The summed E-state index contributed by atoms with van der Waals surface area (Å²) in [5.74, 6) is 0.157. The van der Waals surface area contributed by atoms with Gasteiger partial charge in [0.25, 0.3) is 0 Å². The van der Waals surface area contributed by atoms with E-state index in [1.165, 1.54) is 6.92 Å². The highest BCUT2D eigenvalue weighted by Crippen LogP contribution is 2.00. The topological polar surface area (TPSA) is 53.9 Å². The average molecular weight is 233 g/mol. The van der Waals surface area contributed by atoms with E-state index in [0.717, 1.165) is 0 Å². The van der Waals surface area contributed by atoms with E-state index in [9.17, 15) is 10.4 Å². The summed E-state index contributed by atoms with van der Waals surface area (Å²) in [5.41, 5.74) is 1.09. The summed E-state index contributed by atoms with van der Waals surface area (Å²) < 4.78 is 1.26. The molecule has 0 aromatic carbocycles. The average Bonchev–Trinajstić information content (AvgIpc) is 2.08. The maximum atomic E-state index is 11.2. The SMILES string of the molecule is Cc1cc(CBr)[n+]([O-])c(C)[n+]1[O-]. The summed E-state index contributed by atoms with van der Waals surface area (Å²) in [6.45, 7) is 3.17. The molecule has 5 heteroatoms. The van der Waals surface area contributed by atoms with Gasteiger partial charge in [-0.3, -0.25) is 0 Å². The van der Waals surface area contributed by atoms with Gasteiger partial charge in [-0.25, -0.2) is 0 Å². The highest BCUT2D eigenvalue weighted by atomic mass is 79.9. The first-order valence-electron chi connectivity index (χ1n) is 3.46. The predicted molar refractivity (Wildman–Crippen MR) is 46.5 cm³/mol. The molecule has 0 aliphatic rings. The van der Waals surface area contributed by atoms with Crippen LogP contribution < -0.4 is 9.46 Å². The number of alkyl halides is 1. The Morgan fingerprint density at radius 2 is 1.92 bits per heavy atom. The summed E-state index contributed by atoms with van der Waals surface area (Å²) in [5, 5.41) is 22.8. The van der Waals surface area contributed by atoms with Crippen LogP contribution in [0.4, 0.5) is 0 Å². The van der Waals surface area contributed by atoms with Crippen LogP contribution in [0.15, 0.2) is 6.07 Å². The van der Waals surface area contributed by atoms with Crippen molar-refractivity contribution in [3.63, 3.8) is 0 Å². The highest BCUT2D eigenvalue weighted by Gasteiger charge is 2.18. The first-order chi connectivity index (χ1) is 5.57. The third-order valence-electron chi connectivity index (χ3n) is 1.68. The molecule has 0 fully saturated rings. The van der Waals surface area contributed by atoms with Crippen LogP contribution in [-0.4, -0.2) is 0 Å². The minimum Gasteiger partial charge on any atom is -0.614 e. The zero-order chi connectivity index (χ0) is 9.30. The second-order valence-corrected chi connectivity index (χ2v) is 3.11. The van der Waals surface area contributed by atoms with Gasteiger partial charge in [-0.2, -0.15) is 0 Å². The lowest BCUT2D eigenvalue weighted by Crippen LogP contribution is -2.50. The molecular formula is C7H9BrN2O2. The Labute approximate surface area is 78.7 Å². The van der Waals surface area contributed by atoms with E-state index in [0.29, 0.717) is 26.2 Å². The normalized spacial score (nSPS) is 10.2. The quantitative estimate of drug-likeness (QED) is 0.402. The van der Waals surface area contributed by atoms with Crippen molar-refractivity contribution in [3.05, 3.63) is 33.7 Å². The Balaban J connectivity index is 3.39. The maximum absolute atomic E-state index is 11.2. The standard InChI is InChI=1S/C7H9BrN2O2/c1-5-3-7(4-8)10(12)6(2)9(5)11/h3H,4H2,1-2H3. The molecule has 1 rings (SSSR count). The van der Waals surface area contributed by atoms with E-state index >= 15 is 0 Å². The van der Waals surface area contributed by atoms with Crippen LogP contribution in [0.25, 0.3) is 0 Å². The van der Waals surface area contributed by atoms with Crippen LogP contribution >= 0.6 is 15.9 Å². The summed E-state index contributed by atoms with van der Waals surface area (Å²) in [6.07, 6.45) is 0. The Kier molecular flexibility index (Phi) is 2.52. The van der Waals surface area contributed by atoms with E-state index in [2.05, 4.69) is 15.9 Å². The van der Waals surface area contributed by atoms with Crippen LogP contribution in [-0.2, 0) is 5.33 Å². The molecule has 4 nitrogen and oxygen atoms in total. The molecule has 0 spiro atoms. The lowest BCUT2D eigenvalue weighted by atomic mass is 10.3. The molecule has 1 aromatic rings. The Hall–Kier alpha value is -0.840. The van der Waals surface area contributed by atoms with E-state index in [-0.39, 0.29) is 5.82 Å². The van der Waals surface area contributed by atoms with Crippen LogP contribution in [0, 0.1) is 24.3 Å². The smallest absolute Gasteiger partial charge is 0.437 e. The van der Waals surface area contributed by atoms with Gasteiger partial charge < -0.3 is 10.4 Å². The van der Waals surface area contributed by atoms with Gasteiger partial charge in [-0.1, -0.05) is 15.9 Å². The molecule has 0 atom stereocenters. The molecule has 0 aliphatic heterocycles. The molecule has 66 valence electrons. The van der Waals surface area contributed by atoms with Crippen molar-refractivity contribution >= 4 is 15.9 Å². The van der Waals surface area contributed by atoms with Crippen molar-refractivity contribution in [2.24, 2.45) is 0 Å². The third-order valence-corrected chi connectivity index (χ3v) is 2.26. The van der Waals surface area contributed by atoms with Gasteiger partial charge in [0.05, 0.1) is 18.3 Å². The van der Waals surface area contributed by atoms with Gasteiger partial charge in [0.15, 0.2) is 0 Å². The first kappa shape index (κ1) is 9.25. The summed E-state index contributed by atoms with van der Waals surface area (Å²) in [7, 11) is 0. The highest BCUT2D eigenvalue weighted by molar-refractivity contribution is 9.08. The number of hydrogen-bond donors (Lipinski definition) is 0. The van der Waals surface area contributed by atoms with Crippen LogP contribution in [0.2, 0.25) is 0 Å². The molecule has 12 heavy (non-hydrogen) atoms. The van der Waals surface area contributed by atoms with E-state index in [1.54, 1.807) is 13.0 Å². The van der Waals surface area contributed by atoms with Gasteiger partial charge in [0.1, 0.15) is 0 Å². The number of nitrogens with zero attached hydrogens (tertiary/aromatic N) is 2. The molecule has 0 unspecified atom stereocenters. The maximum Gasteiger partial charge on any atom is 0.437 e. The Morgan fingerprint density at radius 1 is 1.33 bits per heavy atom. The molecule has 0 amide bonds. The number of aryl methyl sites for hydroxylation is 1. The second-order valence-electron chi connectivity index (χ2n) is 2.55. The van der Waals surface area contributed by atoms with Crippen LogP contribution in [0.5, 0.6) is 0 Å². The lowest BCUT2D eigenvalue weighted by molar-refractivity contribution is -0.761. The van der Waals surface area contributed by atoms with Crippen molar-refractivity contribution < 1.29 is 9.46 Å². The zero-order valence-electron chi connectivity index (χ0n) is 6.87. The molecule has 0 N–H and O–H groups in total. The summed E-state index contributed by atoms with van der Waals surface area (Å²) in [6, 6.07) is 1.57. The van der Waals surface area contributed by atoms with Crippen LogP contribution in [0.1, 0.15) is 17.2 Å². The van der Waals surface area contributed by atoms with Crippen molar-refractivity contribution in [1.29, 1.82) is 0 Å². The molecule has 0 saturated heterocycles. The number of halogens is 1. The summed E-state index contributed by atoms with van der Waals surface area (Å²) >= 11 is 3.17. The Bertz CT molecular complexity index is 315. The molecule has 0 bridgehead atoms. The lowest BCUT2D eigenvalue weighted by Gasteiger charge is -2.06. The number of rotatable bonds is 1. The minimum atomic E-state index is 0.157. The molecule has 0 saturated carbocycles. The second kappa shape index (κ2) is 3.26. The van der Waals surface area contributed by atoms with Crippen LogP contribution in [0.3, 0.4) is 0 Å². The minimum absolute atomic E-state index is 0.157. The largest absolute Gasteiger partial charge is 0.614 e. The van der Waals surface area contributed by atoms with E-state index in [4.69, 9.17) is 0 Å². The van der Waals surface area contributed by atoms with Gasteiger partial charge >= 0.3 is 5.82 Å². The van der Waals surface area contributed by atoms with Crippen molar-refractivity contribution in [2.45, 2.75) is 19.2 Å². The van der Waals surface area contributed by atoms with Gasteiger partial charge in [-0.05, 0) is 0 Å². The molecule has 1 aromatic heterocycles. The fourth-order valence-electron chi connectivity index (χ4n) is 0.997. The number of aromatic nitrogens is 2. The molecule has 0 radical (unpaired) electrons. The van der Waals surface area contributed by atoms with E-state index in [1.807, 2.05) is 0 Å². The summed E-state index contributed by atoms with van der Waals surface area (Å²) in [4.78, 5) is 0. The van der Waals surface area contributed by atoms with E-state index < -0.39 is 0 Å². The molecular weight excluding hydrogens is 224 g/mol. The van der Waals surface area contributed by atoms with Gasteiger partial charge in [-0.15, -0.1) is 9.46 Å². The number of hydrogen-bond acceptors (Lipinski definition) is 2. The van der Waals surface area contributed by atoms with Gasteiger partial charge in [0, 0.05) is 6.92 Å². The molecule has 1 heterocycles. The fourth-order valence-corrected chi connectivity index (χ4v) is 1.39. The fraction of sp³-hybridized carbons (Fsp3) is 0.429. The predicted octanol–water partition coefficient (Wildman–Crippen LogP) is 0.465. The van der Waals surface area contributed by atoms with Gasteiger partial charge in [0.2, 0.25) is 11.4 Å². The van der Waals surface area contributed by atoms with Crippen molar-refractivity contribution in [1.82, 2.24) is 0 Å². The van der Waals surface area contributed by atoms with Crippen molar-refractivity contribution in [3.8, 4) is 0 Å². The zero-order valence-corrected chi connectivity index (χ0v) is 8.46. The first-order valence-corrected chi connectivity index (χ1v) is 4.58.